The van der Waals surface area contributed by atoms with Crippen LogP contribution in [0.2, 0.25) is 0 Å². The lowest BCUT2D eigenvalue weighted by atomic mass is 10.2. The average Bonchev–Trinajstić information content (AvgIpc) is 2.59. The smallest absolute Gasteiger partial charge is 0.266 e. The van der Waals surface area contributed by atoms with Crippen molar-refractivity contribution in [1.29, 1.82) is 0 Å². The van der Waals surface area contributed by atoms with Crippen LogP contribution in [0.1, 0.15) is 18.9 Å². The zero-order valence-corrected chi connectivity index (χ0v) is 14.4. The number of aromatic hydroxyl groups is 1. The summed E-state index contributed by atoms with van der Waals surface area (Å²) in [5.74, 6) is -0.403. The van der Waals surface area contributed by atoms with Gasteiger partial charge >= 0.3 is 0 Å². The van der Waals surface area contributed by atoms with Crippen LogP contribution in [0, 0.1) is 4.77 Å². The van der Waals surface area contributed by atoms with E-state index in [1.54, 1.807) is 38.2 Å². The highest BCUT2D eigenvalue weighted by molar-refractivity contribution is 7.71. The molecule has 0 unspecified atom stereocenters. The molecule has 1 aromatic carbocycles. The first-order valence-corrected chi connectivity index (χ1v) is 7.69. The molecule has 2 rings (SSSR count). The van der Waals surface area contributed by atoms with Crippen LogP contribution in [0.5, 0.6) is 5.88 Å². The van der Waals surface area contributed by atoms with E-state index in [0.29, 0.717) is 17.8 Å². The minimum atomic E-state index is -0.450. The lowest BCUT2D eigenvalue weighted by molar-refractivity contribution is -0.115. The van der Waals surface area contributed by atoms with E-state index in [0.717, 1.165) is 0 Å². The van der Waals surface area contributed by atoms with E-state index in [9.17, 15) is 14.7 Å². The number of carbonyl (C=O) groups is 1. The lowest BCUT2D eigenvalue weighted by Crippen LogP contribution is -2.25. The highest BCUT2D eigenvalue weighted by atomic mass is 32.1. The molecule has 0 saturated heterocycles. The van der Waals surface area contributed by atoms with Crippen molar-refractivity contribution in [2.24, 2.45) is 19.1 Å². The number of aromatic nitrogens is 2. The molecule has 0 aliphatic rings. The second-order valence-electron chi connectivity index (χ2n) is 5.12. The summed E-state index contributed by atoms with van der Waals surface area (Å²) in [6, 6.07) is 6.95. The van der Waals surface area contributed by atoms with Gasteiger partial charge in [0.25, 0.3) is 5.56 Å². The molecular formula is C16H18N4O3S. The number of hydrogen-bond acceptors (Lipinski definition) is 5. The lowest BCUT2D eigenvalue weighted by Gasteiger charge is -2.09. The maximum atomic E-state index is 12.3. The molecule has 0 fully saturated rings. The summed E-state index contributed by atoms with van der Waals surface area (Å²) in [5, 5.41) is 12.9. The van der Waals surface area contributed by atoms with Crippen LogP contribution in [0.4, 0.5) is 11.4 Å². The largest absolute Gasteiger partial charge is 0.494 e. The van der Waals surface area contributed by atoms with Gasteiger partial charge in [0.2, 0.25) is 11.8 Å². The maximum Gasteiger partial charge on any atom is 0.266 e. The van der Waals surface area contributed by atoms with E-state index < -0.39 is 5.56 Å². The van der Waals surface area contributed by atoms with E-state index in [1.807, 2.05) is 0 Å². The minimum absolute atomic E-state index is 0.0187. The molecule has 0 atom stereocenters. The molecule has 0 aliphatic carbocycles. The summed E-state index contributed by atoms with van der Waals surface area (Å²) in [5.41, 5.74) is 0.576. The summed E-state index contributed by atoms with van der Waals surface area (Å²) in [6.07, 6.45) is 1.61. The van der Waals surface area contributed by atoms with Gasteiger partial charge in [-0.3, -0.25) is 23.7 Å². The summed E-state index contributed by atoms with van der Waals surface area (Å²) in [4.78, 5) is 28.1. The third kappa shape index (κ3) is 3.43. The molecule has 24 heavy (non-hydrogen) atoms. The fourth-order valence-corrected chi connectivity index (χ4v) is 2.21. The Kier molecular flexibility index (Phi) is 5.30. The van der Waals surface area contributed by atoms with E-state index in [1.165, 1.54) is 22.4 Å². The van der Waals surface area contributed by atoms with Crippen molar-refractivity contribution in [2.45, 2.75) is 13.3 Å². The van der Waals surface area contributed by atoms with Gasteiger partial charge in [0.1, 0.15) is 5.56 Å². The average molecular weight is 346 g/mol. The molecule has 0 radical (unpaired) electrons. The number of anilines is 1. The number of rotatable bonds is 4. The Hall–Kier alpha value is -2.74. The van der Waals surface area contributed by atoms with Crippen LogP contribution in [-0.2, 0) is 18.9 Å². The van der Waals surface area contributed by atoms with Gasteiger partial charge < -0.3 is 10.4 Å². The number of aliphatic imine (C=N–C) groups is 1. The maximum absolute atomic E-state index is 12.3. The second kappa shape index (κ2) is 7.22. The zero-order chi connectivity index (χ0) is 17.9. The summed E-state index contributed by atoms with van der Waals surface area (Å²) in [7, 11) is 3.08. The summed E-state index contributed by atoms with van der Waals surface area (Å²) < 4.78 is 2.77. The Morgan fingerprint density at radius 2 is 2.00 bits per heavy atom. The topological polar surface area (TPSA) is 88.6 Å². The molecule has 0 aliphatic heterocycles. The fourth-order valence-electron chi connectivity index (χ4n) is 2.04. The molecule has 7 nitrogen and oxygen atoms in total. The zero-order valence-electron chi connectivity index (χ0n) is 13.6. The Morgan fingerprint density at radius 3 is 2.67 bits per heavy atom. The van der Waals surface area contributed by atoms with Gasteiger partial charge in [0.15, 0.2) is 4.77 Å². The van der Waals surface area contributed by atoms with Crippen LogP contribution >= 0.6 is 12.2 Å². The van der Waals surface area contributed by atoms with Crippen LogP contribution in [0.3, 0.4) is 0 Å². The number of benzene rings is 1. The molecule has 2 aromatic rings. The first-order chi connectivity index (χ1) is 11.4. The van der Waals surface area contributed by atoms with E-state index in [-0.39, 0.29) is 22.1 Å². The first-order valence-electron chi connectivity index (χ1n) is 7.28. The Labute approximate surface area is 143 Å². The molecular weight excluding hydrogens is 328 g/mol. The molecule has 0 spiro atoms. The molecule has 1 amide bonds. The predicted octanol–water partition coefficient (Wildman–Crippen LogP) is 2.26. The van der Waals surface area contributed by atoms with Crippen molar-refractivity contribution < 1.29 is 9.90 Å². The third-order valence-electron chi connectivity index (χ3n) is 3.50. The Bertz CT molecular complexity index is 928. The number of carbonyl (C=O) groups excluding carboxylic acids is 1. The highest BCUT2D eigenvalue weighted by Crippen LogP contribution is 2.24. The normalized spacial score (nSPS) is 11.0. The first kappa shape index (κ1) is 17.6. The molecule has 0 saturated carbocycles. The van der Waals surface area contributed by atoms with Crippen molar-refractivity contribution in [1.82, 2.24) is 9.13 Å². The van der Waals surface area contributed by atoms with Crippen molar-refractivity contribution in [3.8, 4) is 5.88 Å². The van der Waals surface area contributed by atoms with Gasteiger partial charge in [-0.2, -0.15) is 0 Å². The Balaban J connectivity index is 2.49. The monoisotopic (exact) mass is 346 g/mol. The van der Waals surface area contributed by atoms with Crippen LogP contribution in [0.15, 0.2) is 34.1 Å². The summed E-state index contributed by atoms with van der Waals surface area (Å²) >= 11 is 5.06. The number of amides is 1. The van der Waals surface area contributed by atoms with Crippen LogP contribution < -0.4 is 10.9 Å². The van der Waals surface area contributed by atoms with Crippen molar-refractivity contribution >= 4 is 35.7 Å². The van der Waals surface area contributed by atoms with E-state index in [2.05, 4.69) is 10.3 Å². The SMILES string of the molecule is CCC(=O)Nc1ccccc1N=Cc1c(O)n(C)c(=S)n(C)c1=O. The number of nitrogens with one attached hydrogen (secondary N) is 1. The van der Waals surface area contributed by atoms with E-state index in [4.69, 9.17) is 12.2 Å². The second-order valence-corrected chi connectivity index (χ2v) is 5.49. The molecule has 1 heterocycles. The van der Waals surface area contributed by atoms with Gasteiger partial charge in [-0.25, -0.2) is 0 Å². The number of nitrogens with zero attached hydrogens (tertiary/aromatic N) is 3. The molecule has 8 heteroatoms. The fraction of sp³-hybridized carbons (Fsp3) is 0.250. The molecule has 1 aromatic heterocycles. The van der Waals surface area contributed by atoms with Crippen molar-refractivity contribution in [3.05, 3.63) is 45.0 Å². The van der Waals surface area contributed by atoms with Gasteiger partial charge in [-0.05, 0) is 24.4 Å². The van der Waals surface area contributed by atoms with Gasteiger partial charge in [0.05, 0.1) is 11.4 Å². The third-order valence-corrected chi connectivity index (χ3v) is 4.05. The molecule has 2 N–H and O–H groups in total. The summed E-state index contributed by atoms with van der Waals surface area (Å²) in [6.45, 7) is 1.75. The minimum Gasteiger partial charge on any atom is -0.494 e. The quantitative estimate of drug-likeness (QED) is 0.656. The standard InChI is InChI=1S/C16H18N4O3S/c1-4-13(21)18-12-8-6-5-7-11(12)17-9-10-14(22)19(2)16(24)20(3)15(10)23/h5-9,22H,4H2,1-3H3,(H,18,21). The van der Waals surface area contributed by atoms with Gasteiger partial charge in [-0.1, -0.05) is 19.1 Å². The molecule has 126 valence electrons. The predicted molar refractivity (Wildman–Crippen MR) is 95.8 cm³/mol. The number of para-hydroxylation sites is 2. The van der Waals surface area contributed by atoms with Crippen molar-refractivity contribution in [2.75, 3.05) is 5.32 Å². The van der Waals surface area contributed by atoms with Crippen molar-refractivity contribution in [3.63, 3.8) is 0 Å². The van der Waals surface area contributed by atoms with Crippen LogP contribution in [0.25, 0.3) is 0 Å². The van der Waals surface area contributed by atoms with Gasteiger partial charge in [-0.15, -0.1) is 0 Å². The highest BCUT2D eigenvalue weighted by Gasteiger charge is 2.11. The molecule has 0 bridgehead atoms. The van der Waals surface area contributed by atoms with E-state index >= 15 is 0 Å². The van der Waals surface area contributed by atoms with Gasteiger partial charge in [0, 0.05) is 26.7 Å². The number of hydrogen-bond donors (Lipinski definition) is 2. The van der Waals surface area contributed by atoms with Crippen LogP contribution in [-0.4, -0.2) is 26.4 Å². The Morgan fingerprint density at radius 1 is 1.33 bits per heavy atom.